The Morgan fingerprint density at radius 3 is 1.82 bits per heavy atom. The number of benzene rings is 7. The highest BCUT2D eigenvalue weighted by Gasteiger charge is 2.25. The van der Waals surface area contributed by atoms with Crippen LogP contribution in [-0.2, 0) is 0 Å². The van der Waals surface area contributed by atoms with Gasteiger partial charge in [0.1, 0.15) is 11.5 Å². The van der Waals surface area contributed by atoms with Crippen molar-refractivity contribution >= 4 is 64.3 Å². The third-order valence-electron chi connectivity index (χ3n) is 9.47. The van der Waals surface area contributed by atoms with Crippen molar-refractivity contribution < 1.29 is 8.78 Å². The summed E-state index contributed by atoms with van der Waals surface area (Å²) >= 11 is 1.67. The summed E-state index contributed by atoms with van der Waals surface area (Å²) in [6.45, 7) is 0. The predicted octanol–water partition coefficient (Wildman–Crippen LogP) is 12.1. The molecule has 0 amide bonds. The first-order valence-electron chi connectivity index (χ1n) is 16.1. The van der Waals surface area contributed by atoms with Crippen LogP contribution >= 0.6 is 11.3 Å². The van der Waals surface area contributed by atoms with E-state index in [1.807, 2.05) is 60.7 Å². The first-order valence-corrected chi connectivity index (χ1v) is 16.9. The lowest BCUT2D eigenvalue weighted by molar-refractivity contribution is 0.572. The van der Waals surface area contributed by atoms with E-state index >= 15 is 8.78 Å². The van der Waals surface area contributed by atoms with Crippen molar-refractivity contribution in [3.05, 3.63) is 163 Å². The number of nitrogens with zero attached hydrogens (tertiary/aromatic N) is 3. The molecule has 0 spiro atoms. The van der Waals surface area contributed by atoms with Crippen LogP contribution in [0.15, 0.2) is 152 Å². The standard InChI is InChI=1S/C43H25F2N3S/c44-32-24-27(26-12-2-1-3-13-26)25-33(45)41(32)48-37-20-10-7-17-34(37)46-43(48)31-22-23-38(40-30-16-6-11-21-39(30)49-42(31)40)47-35-18-8-4-14-28(35)29-15-5-9-19-36(29)47/h1-25H. The summed E-state index contributed by atoms with van der Waals surface area (Å²) in [4.78, 5) is 5.06. The third-order valence-corrected chi connectivity index (χ3v) is 10.7. The SMILES string of the molecule is Fc1cc(-c2ccccc2)cc(F)c1-n1c(-c2ccc(-n3c4ccccc4c4ccccc43)c3c2sc2ccccc23)nc2ccccc21. The summed E-state index contributed by atoms with van der Waals surface area (Å²) in [7, 11) is 0. The fourth-order valence-electron chi connectivity index (χ4n) is 7.36. The number of thiophene rings is 1. The topological polar surface area (TPSA) is 22.8 Å². The minimum Gasteiger partial charge on any atom is -0.309 e. The van der Waals surface area contributed by atoms with E-state index in [0.717, 1.165) is 48.0 Å². The molecule has 0 atom stereocenters. The molecule has 0 N–H and O–H groups in total. The average molecular weight is 654 g/mol. The molecule has 49 heavy (non-hydrogen) atoms. The fourth-order valence-corrected chi connectivity index (χ4v) is 8.60. The predicted molar refractivity (Wildman–Crippen MR) is 199 cm³/mol. The van der Waals surface area contributed by atoms with Gasteiger partial charge in [0, 0.05) is 36.5 Å². The fraction of sp³-hybridized carbons (Fsp3) is 0. The van der Waals surface area contributed by atoms with Crippen LogP contribution in [0, 0.1) is 11.6 Å². The Hall–Kier alpha value is -6.11. The lowest BCUT2D eigenvalue weighted by atomic mass is 10.0. The Kier molecular flexibility index (Phi) is 6.11. The molecule has 10 rings (SSSR count). The molecule has 10 aromatic rings. The molecule has 0 aliphatic heterocycles. The van der Waals surface area contributed by atoms with Crippen LogP contribution in [-0.4, -0.2) is 14.1 Å². The van der Waals surface area contributed by atoms with E-state index in [2.05, 4.69) is 83.4 Å². The minimum atomic E-state index is -0.655. The zero-order valence-electron chi connectivity index (χ0n) is 25.9. The lowest BCUT2D eigenvalue weighted by Gasteiger charge is -2.15. The van der Waals surface area contributed by atoms with E-state index < -0.39 is 11.6 Å². The second-order valence-electron chi connectivity index (χ2n) is 12.2. The van der Waals surface area contributed by atoms with E-state index in [0.29, 0.717) is 22.4 Å². The van der Waals surface area contributed by atoms with Gasteiger partial charge >= 0.3 is 0 Å². The number of aromatic nitrogens is 3. The van der Waals surface area contributed by atoms with Gasteiger partial charge in [0.05, 0.1) is 27.8 Å². The number of halogens is 2. The van der Waals surface area contributed by atoms with Gasteiger partial charge in [-0.1, -0.05) is 97.1 Å². The van der Waals surface area contributed by atoms with E-state index in [-0.39, 0.29) is 5.69 Å². The molecule has 0 saturated carbocycles. The van der Waals surface area contributed by atoms with Gasteiger partial charge in [-0.05, 0) is 65.7 Å². The molecule has 0 unspecified atom stereocenters. The summed E-state index contributed by atoms with van der Waals surface area (Å²) in [5, 5.41) is 4.56. The maximum atomic E-state index is 16.3. The van der Waals surface area contributed by atoms with Gasteiger partial charge in [-0.3, -0.25) is 4.57 Å². The second kappa shape index (κ2) is 10.7. The van der Waals surface area contributed by atoms with E-state index in [1.165, 1.54) is 22.9 Å². The molecule has 3 nitrogen and oxygen atoms in total. The van der Waals surface area contributed by atoms with Crippen LogP contribution in [0.4, 0.5) is 8.78 Å². The van der Waals surface area contributed by atoms with Crippen molar-refractivity contribution in [2.75, 3.05) is 0 Å². The Morgan fingerprint density at radius 1 is 0.510 bits per heavy atom. The van der Waals surface area contributed by atoms with E-state index in [4.69, 9.17) is 4.98 Å². The zero-order valence-corrected chi connectivity index (χ0v) is 26.8. The number of rotatable bonds is 4. The van der Waals surface area contributed by atoms with E-state index in [9.17, 15) is 0 Å². The summed E-state index contributed by atoms with van der Waals surface area (Å²) in [5.41, 5.74) is 6.44. The smallest absolute Gasteiger partial charge is 0.150 e. The van der Waals surface area contributed by atoms with Crippen molar-refractivity contribution in [1.82, 2.24) is 14.1 Å². The van der Waals surface area contributed by atoms with Gasteiger partial charge in [-0.15, -0.1) is 11.3 Å². The second-order valence-corrected chi connectivity index (χ2v) is 13.3. The first kappa shape index (κ1) is 28.0. The Balaban J connectivity index is 1.29. The summed E-state index contributed by atoms with van der Waals surface area (Å²) in [5.74, 6) is -0.827. The summed E-state index contributed by atoms with van der Waals surface area (Å²) in [6.07, 6.45) is 0. The van der Waals surface area contributed by atoms with Crippen molar-refractivity contribution in [3.63, 3.8) is 0 Å². The summed E-state index contributed by atoms with van der Waals surface area (Å²) < 4.78 is 38.7. The molecular formula is C43H25F2N3S. The number of imidazole rings is 1. The Bertz CT molecular complexity index is 2840. The minimum absolute atomic E-state index is 0.149. The molecule has 6 heteroatoms. The number of hydrogen-bond donors (Lipinski definition) is 0. The van der Waals surface area contributed by atoms with Gasteiger partial charge in [0.25, 0.3) is 0 Å². The highest BCUT2D eigenvalue weighted by molar-refractivity contribution is 7.26. The van der Waals surface area contributed by atoms with Crippen LogP contribution in [0.3, 0.4) is 0 Å². The van der Waals surface area contributed by atoms with Crippen molar-refractivity contribution in [3.8, 4) is 33.9 Å². The summed E-state index contributed by atoms with van der Waals surface area (Å²) in [6, 6.07) is 49.2. The van der Waals surface area contributed by atoms with Gasteiger partial charge in [-0.2, -0.15) is 0 Å². The Morgan fingerprint density at radius 2 is 1.10 bits per heavy atom. The van der Waals surface area contributed by atoms with Crippen LogP contribution in [0.2, 0.25) is 0 Å². The quantitative estimate of drug-likeness (QED) is 0.185. The van der Waals surface area contributed by atoms with Crippen LogP contribution in [0.5, 0.6) is 0 Å². The average Bonchev–Trinajstić information content (AvgIpc) is 3.82. The molecule has 3 aromatic heterocycles. The monoisotopic (exact) mass is 653 g/mol. The maximum absolute atomic E-state index is 16.3. The number of hydrogen-bond acceptors (Lipinski definition) is 2. The van der Waals surface area contributed by atoms with Crippen LogP contribution < -0.4 is 0 Å². The van der Waals surface area contributed by atoms with Gasteiger partial charge in [0.15, 0.2) is 11.6 Å². The molecule has 0 aliphatic rings. The lowest BCUT2D eigenvalue weighted by Crippen LogP contribution is -2.05. The van der Waals surface area contributed by atoms with Gasteiger partial charge in [0.2, 0.25) is 0 Å². The molecule has 0 aliphatic carbocycles. The largest absolute Gasteiger partial charge is 0.309 e. The number of fused-ring (bicyclic) bond motifs is 7. The third kappa shape index (κ3) is 4.14. The highest BCUT2D eigenvalue weighted by Crippen LogP contribution is 2.46. The molecule has 232 valence electrons. The van der Waals surface area contributed by atoms with Gasteiger partial charge in [-0.25, -0.2) is 13.8 Å². The van der Waals surface area contributed by atoms with Crippen molar-refractivity contribution in [2.24, 2.45) is 0 Å². The molecular weight excluding hydrogens is 629 g/mol. The molecule has 0 fully saturated rings. The first-order chi connectivity index (χ1) is 24.2. The van der Waals surface area contributed by atoms with Crippen LogP contribution in [0.1, 0.15) is 0 Å². The Labute approximate surface area is 283 Å². The molecule has 7 aromatic carbocycles. The van der Waals surface area contributed by atoms with Crippen molar-refractivity contribution in [1.29, 1.82) is 0 Å². The van der Waals surface area contributed by atoms with Crippen LogP contribution in [0.25, 0.3) is 86.9 Å². The molecule has 0 bridgehead atoms. The number of para-hydroxylation sites is 4. The van der Waals surface area contributed by atoms with Gasteiger partial charge < -0.3 is 4.57 Å². The highest BCUT2D eigenvalue weighted by atomic mass is 32.1. The molecule has 3 heterocycles. The van der Waals surface area contributed by atoms with Crippen molar-refractivity contribution in [2.45, 2.75) is 0 Å². The van der Waals surface area contributed by atoms with E-state index in [1.54, 1.807) is 15.9 Å². The zero-order chi connectivity index (χ0) is 32.6. The maximum Gasteiger partial charge on any atom is 0.150 e. The molecule has 0 saturated heterocycles. The normalized spacial score (nSPS) is 11.9. The molecule has 0 radical (unpaired) electrons.